The Balaban J connectivity index is 1.92. The minimum absolute atomic E-state index is 0.215. The van der Waals surface area contributed by atoms with Crippen LogP contribution in [-0.2, 0) is 4.79 Å². The quantitative estimate of drug-likeness (QED) is 0.399. The molecule has 0 radical (unpaired) electrons. The molecule has 0 unspecified atom stereocenters. The van der Waals surface area contributed by atoms with Gasteiger partial charge < -0.3 is 15.6 Å². The predicted molar refractivity (Wildman–Crippen MR) is 102 cm³/mol. The Kier molecular flexibility index (Phi) is 5.64. The first-order valence-electron chi connectivity index (χ1n) is 8.61. The maximum absolute atomic E-state index is 11.7. The average Bonchev–Trinajstić information content (AvgIpc) is 3.07. The number of amides is 1. The number of aliphatic hydroxyl groups excluding tert-OH is 1. The van der Waals surface area contributed by atoms with E-state index in [4.69, 9.17) is 5.73 Å². The summed E-state index contributed by atoms with van der Waals surface area (Å²) in [6.07, 6.45) is 1.54. The second kappa shape index (κ2) is 8.30. The minimum Gasteiger partial charge on any atom is -0.380 e. The van der Waals surface area contributed by atoms with E-state index in [1.807, 2.05) is 42.5 Å². The summed E-state index contributed by atoms with van der Waals surface area (Å²) in [5.74, 6) is 5.14. The number of benzene rings is 2. The predicted octanol–water partition coefficient (Wildman–Crippen LogP) is 2.21. The molecule has 0 aliphatic rings. The topological polar surface area (TPSA) is 98.2 Å². The van der Waals surface area contributed by atoms with Crippen LogP contribution in [0.3, 0.4) is 0 Å². The summed E-state index contributed by atoms with van der Waals surface area (Å²) in [6, 6.07) is 14.7. The molecule has 0 fully saturated rings. The van der Waals surface area contributed by atoms with E-state index in [0.29, 0.717) is 30.2 Å². The van der Waals surface area contributed by atoms with Crippen LogP contribution in [0.5, 0.6) is 0 Å². The van der Waals surface area contributed by atoms with Crippen LogP contribution in [0.25, 0.3) is 16.6 Å². The van der Waals surface area contributed by atoms with Gasteiger partial charge in [0.2, 0.25) is 0 Å². The zero-order valence-electron chi connectivity index (χ0n) is 14.6. The maximum Gasteiger partial charge on any atom is 0.269 e. The summed E-state index contributed by atoms with van der Waals surface area (Å²) in [5, 5.41) is 14.9. The van der Waals surface area contributed by atoms with Crippen LogP contribution in [0.1, 0.15) is 35.3 Å². The Morgan fingerprint density at radius 3 is 2.85 bits per heavy atom. The number of carbonyl (C=O) groups excluding carboxylic acids is 2. The van der Waals surface area contributed by atoms with E-state index in [-0.39, 0.29) is 5.69 Å². The van der Waals surface area contributed by atoms with Crippen molar-refractivity contribution in [3.05, 3.63) is 59.8 Å². The van der Waals surface area contributed by atoms with Crippen molar-refractivity contribution >= 4 is 23.1 Å². The number of nitrogens with zero attached hydrogens (tertiary/aromatic N) is 2. The number of hydrogen-bond acceptors (Lipinski definition) is 4. The minimum atomic E-state index is -0.777. The van der Waals surface area contributed by atoms with Gasteiger partial charge in [-0.25, -0.2) is 4.68 Å². The lowest BCUT2D eigenvalue weighted by Crippen LogP contribution is -2.12. The fraction of sp³-hybridized carbons (Fsp3) is 0.190. The van der Waals surface area contributed by atoms with E-state index in [1.165, 1.54) is 0 Å². The molecule has 0 saturated heterocycles. The summed E-state index contributed by atoms with van der Waals surface area (Å²) < 4.78 is 1.65. The van der Waals surface area contributed by atoms with E-state index in [9.17, 15) is 14.7 Å². The van der Waals surface area contributed by atoms with Crippen molar-refractivity contribution < 1.29 is 14.7 Å². The van der Waals surface area contributed by atoms with Gasteiger partial charge in [-0.2, -0.15) is 5.10 Å². The highest BCUT2D eigenvalue weighted by Gasteiger charge is 2.15. The molecule has 0 aliphatic heterocycles. The number of nitrogens with two attached hydrogens (primary N) is 1. The fourth-order valence-electron chi connectivity index (χ4n) is 2.79. The number of aliphatic hydroxyl groups is 1. The molecule has 3 N–H and O–H groups in total. The number of aromatic nitrogens is 2. The average molecular weight is 361 g/mol. The Labute approximate surface area is 156 Å². The molecule has 6 heteroatoms. The Hall–Kier alpha value is -3.43. The zero-order chi connectivity index (χ0) is 19.2. The SMILES string of the molecule is NC(=O)c1nn(-c2cccc(C#C[C@H](O)CCCC=O)c2)c2ccccc12. The molecule has 2 aromatic carbocycles. The highest BCUT2D eigenvalue weighted by Crippen LogP contribution is 2.22. The van der Waals surface area contributed by atoms with Crippen LogP contribution < -0.4 is 5.73 Å². The summed E-state index contributed by atoms with van der Waals surface area (Å²) in [7, 11) is 0. The fourth-order valence-corrected chi connectivity index (χ4v) is 2.79. The van der Waals surface area contributed by atoms with Gasteiger partial charge in [0.25, 0.3) is 5.91 Å². The first-order valence-corrected chi connectivity index (χ1v) is 8.61. The van der Waals surface area contributed by atoms with Gasteiger partial charge in [0.1, 0.15) is 12.4 Å². The number of para-hydroxylation sites is 1. The number of rotatable bonds is 6. The summed E-state index contributed by atoms with van der Waals surface area (Å²) in [6.45, 7) is 0. The van der Waals surface area contributed by atoms with Crippen LogP contribution in [0.2, 0.25) is 0 Å². The third-order valence-electron chi connectivity index (χ3n) is 4.09. The monoisotopic (exact) mass is 361 g/mol. The largest absolute Gasteiger partial charge is 0.380 e. The Morgan fingerprint density at radius 2 is 2.07 bits per heavy atom. The molecule has 1 aromatic heterocycles. The molecule has 3 aromatic rings. The Bertz CT molecular complexity index is 1040. The lowest BCUT2D eigenvalue weighted by Gasteiger charge is -2.04. The highest BCUT2D eigenvalue weighted by molar-refractivity contribution is 6.04. The van der Waals surface area contributed by atoms with Gasteiger partial charge in [0.05, 0.1) is 11.2 Å². The number of primary amides is 1. The molecular weight excluding hydrogens is 342 g/mol. The molecule has 0 spiro atoms. The lowest BCUT2D eigenvalue weighted by molar-refractivity contribution is -0.108. The Morgan fingerprint density at radius 1 is 1.26 bits per heavy atom. The van der Waals surface area contributed by atoms with Crippen molar-refractivity contribution in [2.75, 3.05) is 0 Å². The number of aldehydes is 1. The summed E-state index contributed by atoms with van der Waals surface area (Å²) >= 11 is 0. The van der Waals surface area contributed by atoms with Gasteiger partial charge >= 0.3 is 0 Å². The third-order valence-corrected chi connectivity index (χ3v) is 4.09. The van der Waals surface area contributed by atoms with Gasteiger partial charge in [-0.15, -0.1) is 0 Å². The van der Waals surface area contributed by atoms with Crippen LogP contribution in [0.4, 0.5) is 0 Å². The molecule has 1 atom stereocenters. The van der Waals surface area contributed by atoms with Crippen molar-refractivity contribution in [3.63, 3.8) is 0 Å². The van der Waals surface area contributed by atoms with E-state index >= 15 is 0 Å². The van der Waals surface area contributed by atoms with Crippen LogP contribution in [0, 0.1) is 11.8 Å². The zero-order valence-corrected chi connectivity index (χ0v) is 14.6. The van der Waals surface area contributed by atoms with Crippen molar-refractivity contribution in [2.45, 2.75) is 25.4 Å². The van der Waals surface area contributed by atoms with Gasteiger partial charge in [0.15, 0.2) is 5.69 Å². The molecule has 136 valence electrons. The van der Waals surface area contributed by atoms with E-state index in [2.05, 4.69) is 16.9 Å². The standard InChI is InChI=1S/C21H19N3O3/c22-21(27)20-18-9-1-2-10-19(18)24(23-20)16-7-5-6-15(14-16)11-12-17(26)8-3-4-13-25/h1-2,5-7,9-10,13-14,17,26H,3-4,8H2,(H2,22,27)/t17-/m1/s1. The second-order valence-electron chi connectivity index (χ2n) is 6.07. The number of unbranched alkanes of at least 4 members (excludes halogenated alkanes) is 1. The number of hydrogen-bond donors (Lipinski definition) is 2. The maximum atomic E-state index is 11.7. The van der Waals surface area contributed by atoms with Crippen molar-refractivity contribution in [1.29, 1.82) is 0 Å². The molecule has 6 nitrogen and oxygen atoms in total. The highest BCUT2D eigenvalue weighted by atomic mass is 16.3. The molecule has 0 bridgehead atoms. The lowest BCUT2D eigenvalue weighted by atomic mass is 10.1. The van der Waals surface area contributed by atoms with Gasteiger partial charge in [-0.1, -0.05) is 36.1 Å². The van der Waals surface area contributed by atoms with Crippen LogP contribution >= 0.6 is 0 Å². The first-order chi connectivity index (χ1) is 13.1. The van der Waals surface area contributed by atoms with E-state index in [1.54, 1.807) is 10.7 Å². The molecule has 0 aliphatic carbocycles. The number of carbonyl (C=O) groups is 2. The molecular formula is C21H19N3O3. The van der Waals surface area contributed by atoms with Crippen molar-refractivity contribution in [2.24, 2.45) is 5.73 Å². The molecule has 27 heavy (non-hydrogen) atoms. The molecule has 1 heterocycles. The van der Waals surface area contributed by atoms with E-state index in [0.717, 1.165) is 17.5 Å². The first kappa shape index (κ1) is 18.4. The molecule has 3 rings (SSSR count). The smallest absolute Gasteiger partial charge is 0.269 e. The van der Waals surface area contributed by atoms with Gasteiger partial charge in [0, 0.05) is 17.4 Å². The van der Waals surface area contributed by atoms with Gasteiger partial charge in [-0.3, -0.25) is 4.79 Å². The summed E-state index contributed by atoms with van der Waals surface area (Å²) in [4.78, 5) is 22.0. The van der Waals surface area contributed by atoms with E-state index < -0.39 is 12.0 Å². The third kappa shape index (κ3) is 4.22. The number of fused-ring (bicyclic) bond motifs is 1. The molecule has 0 saturated carbocycles. The summed E-state index contributed by atoms with van der Waals surface area (Å²) in [5.41, 5.74) is 7.88. The molecule has 1 amide bonds. The van der Waals surface area contributed by atoms with Crippen LogP contribution in [0.15, 0.2) is 48.5 Å². The van der Waals surface area contributed by atoms with Gasteiger partial charge in [-0.05, 0) is 37.1 Å². The second-order valence-corrected chi connectivity index (χ2v) is 6.07. The van der Waals surface area contributed by atoms with Crippen molar-refractivity contribution in [3.8, 4) is 17.5 Å². The van der Waals surface area contributed by atoms with Crippen LogP contribution in [-0.4, -0.2) is 33.2 Å². The normalized spacial score (nSPS) is 11.6. The van der Waals surface area contributed by atoms with Crippen molar-refractivity contribution in [1.82, 2.24) is 9.78 Å².